The molecule has 0 spiro atoms. The molecule has 38 heavy (non-hydrogen) atoms. The number of carbonyl (C=O) groups excluding carboxylic acids is 2. The number of hydrogen-bond acceptors (Lipinski definition) is 4. The highest BCUT2D eigenvalue weighted by atomic mass is 32.2. The van der Waals surface area contributed by atoms with Gasteiger partial charge in [-0.25, -0.2) is 26.0 Å². The monoisotopic (exact) mass is 554 g/mol. The Morgan fingerprint density at radius 1 is 1.05 bits per heavy atom. The molecule has 1 N–H and O–H groups in total. The fourth-order valence-corrected chi connectivity index (χ4v) is 5.96. The summed E-state index contributed by atoms with van der Waals surface area (Å²) in [7, 11) is -3.56. The van der Waals surface area contributed by atoms with Crippen molar-refractivity contribution in [3.05, 3.63) is 64.7 Å². The molecule has 0 unspecified atom stereocenters. The van der Waals surface area contributed by atoms with Crippen LogP contribution in [0.5, 0.6) is 0 Å². The van der Waals surface area contributed by atoms with Crippen LogP contribution in [0, 0.1) is 23.5 Å². The lowest BCUT2D eigenvalue weighted by Gasteiger charge is -2.30. The first-order valence-corrected chi connectivity index (χ1v) is 14.2. The molecule has 11 heteroatoms. The summed E-state index contributed by atoms with van der Waals surface area (Å²) >= 11 is 0. The molecule has 4 atom stereocenters. The Morgan fingerprint density at radius 2 is 1.68 bits per heavy atom. The number of sulfone groups is 1. The molecule has 2 aromatic carbocycles. The molecule has 2 aromatic rings. The summed E-state index contributed by atoms with van der Waals surface area (Å²) in [4.78, 5) is 28.5. The highest BCUT2D eigenvalue weighted by Gasteiger charge is 2.45. The fraction of sp³-hybridized carbons (Fsp3) is 0.481. The molecule has 1 aliphatic heterocycles. The zero-order valence-corrected chi connectivity index (χ0v) is 22.1. The van der Waals surface area contributed by atoms with Crippen LogP contribution in [0.3, 0.4) is 0 Å². The summed E-state index contributed by atoms with van der Waals surface area (Å²) in [5.74, 6) is -3.77. The highest BCUT2D eigenvalue weighted by molar-refractivity contribution is 7.91. The van der Waals surface area contributed by atoms with E-state index in [9.17, 15) is 35.6 Å². The molecule has 2 fully saturated rings. The van der Waals surface area contributed by atoms with Crippen molar-refractivity contribution >= 4 is 21.7 Å². The largest absolute Gasteiger partial charge is 0.347 e. The Kier molecular flexibility index (Phi) is 7.88. The highest BCUT2D eigenvalue weighted by Crippen LogP contribution is 2.43. The normalized spacial score (nSPS) is 22.5. The van der Waals surface area contributed by atoms with Crippen molar-refractivity contribution in [2.45, 2.75) is 69.5 Å². The van der Waals surface area contributed by atoms with Gasteiger partial charge in [0, 0.05) is 17.2 Å². The zero-order valence-electron chi connectivity index (χ0n) is 21.3. The minimum atomic E-state index is -3.56. The number of likely N-dealkylation sites (tertiary alicyclic amines) is 1. The molecule has 2 amide bonds. The summed E-state index contributed by atoms with van der Waals surface area (Å²) in [6.45, 7) is 5.17. The lowest BCUT2D eigenvalue weighted by Crippen LogP contribution is -2.49. The number of amides is 2. The smallest absolute Gasteiger partial charge is 0.266 e. The van der Waals surface area contributed by atoms with Crippen molar-refractivity contribution in [2.75, 3.05) is 5.75 Å². The number of benzene rings is 2. The molecular weight excluding hydrogens is 524 g/mol. The minimum absolute atomic E-state index is 0.00490. The van der Waals surface area contributed by atoms with Crippen LogP contribution < -0.4 is 5.32 Å². The van der Waals surface area contributed by atoms with Gasteiger partial charge in [-0.05, 0) is 68.4 Å². The zero-order chi connectivity index (χ0) is 27.9. The maximum absolute atomic E-state index is 14.8. The summed E-state index contributed by atoms with van der Waals surface area (Å²) in [5.41, 5.74) is -1.14. The molecule has 1 aliphatic carbocycles. The number of nitrogens with zero attached hydrogens (tertiary/aromatic N) is 1. The summed E-state index contributed by atoms with van der Waals surface area (Å²) in [6.07, 6.45) is -1.59. The molecule has 0 bridgehead atoms. The van der Waals surface area contributed by atoms with Crippen molar-refractivity contribution in [2.24, 2.45) is 11.8 Å². The van der Waals surface area contributed by atoms with Gasteiger partial charge in [0.15, 0.2) is 9.84 Å². The van der Waals surface area contributed by atoms with Crippen LogP contribution in [0.4, 0.5) is 17.6 Å². The molecule has 0 aromatic heterocycles. The Labute approximate surface area is 219 Å². The number of alkyl halides is 2. The van der Waals surface area contributed by atoms with Crippen LogP contribution in [0.15, 0.2) is 41.3 Å². The average molecular weight is 555 g/mol. The Bertz CT molecular complexity index is 1350. The second-order valence-corrected chi connectivity index (χ2v) is 12.4. The molecular formula is C27H30F4N2O4S. The Hall–Kier alpha value is -2.95. The predicted molar refractivity (Wildman–Crippen MR) is 132 cm³/mol. The van der Waals surface area contributed by atoms with Gasteiger partial charge in [0.25, 0.3) is 12.3 Å². The van der Waals surface area contributed by atoms with Gasteiger partial charge in [0.05, 0.1) is 22.3 Å². The average Bonchev–Trinajstić information content (AvgIpc) is 3.68. The van der Waals surface area contributed by atoms with E-state index < -0.39 is 57.4 Å². The van der Waals surface area contributed by atoms with Gasteiger partial charge in [-0.3, -0.25) is 9.59 Å². The second-order valence-electron chi connectivity index (χ2n) is 10.1. The summed E-state index contributed by atoms with van der Waals surface area (Å²) in [5, 5.41) is 2.75. The van der Waals surface area contributed by atoms with Gasteiger partial charge in [-0.15, -0.1) is 0 Å². The first-order chi connectivity index (χ1) is 17.9. The third-order valence-electron chi connectivity index (χ3n) is 7.63. The Morgan fingerprint density at radius 3 is 2.29 bits per heavy atom. The van der Waals surface area contributed by atoms with Crippen LogP contribution in [0.1, 0.15) is 74.0 Å². The lowest BCUT2D eigenvalue weighted by molar-refractivity contribution is -0.126. The third-order valence-corrected chi connectivity index (χ3v) is 9.36. The van der Waals surface area contributed by atoms with E-state index in [0.29, 0.717) is 31.4 Å². The van der Waals surface area contributed by atoms with Crippen molar-refractivity contribution in [1.82, 2.24) is 10.2 Å². The minimum Gasteiger partial charge on any atom is -0.347 e. The molecule has 206 valence electrons. The number of hydrogen-bond donors (Lipinski definition) is 1. The first-order valence-electron chi connectivity index (χ1n) is 12.6. The van der Waals surface area contributed by atoms with E-state index in [1.165, 1.54) is 36.1 Å². The summed E-state index contributed by atoms with van der Waals surface area (Å²) in [6, 6.07) is 4.59. The topological polar surface area (TPSA) is 83.6 Å². The number of rotatable bonds is 8. The van der Waals surface area contributed by atoms with E-state index in [4.69, 9.17) is 0 Å². The Balaban J connectivity index is 1.62. The molecule has 2 aliphatic rings. The van der Waals surface area contributed by atoms with E-state index in [1.54, 1.807) is 6.92 Å². The molecule has 1 heterocycles. The molecule has 1 saturated carbocycles. The van der Waals surface area contributed by atoms with Gasteiger partial charge in [-0.2, -0.15) is 0 Å². The molecule has 6 nitrogen and oxygen atoms in total. The first kappa shape index (κ1) is 28.1. The van der Waals surface area contributed by atoms with Gasteiger partial charge >= 0.3 is 0 Å². The van der Waals surface area contributed by atoms with Gasteiger partial charge in [0.2, 0.25) is 5.91 Å². The van der Waals surface area contributed by atoms with Gasteiger partial charge in [-0.1, -0.05) is 19.9 Å². The summed E-state index contributed by atoms with van der Waals surface area (Å²) < 4.78 is 79.8. The van der Waals surface area contributed by atoms with Crippen LogP contribution in [-0.2, 0) is 14.6 Å². The lowest BCUT2D eigenvalue weighted by atomic mass is 9.98. The molecule has 4 rings (SSSR count). The number of carbonyl (C=O) groups is 2. The van der Waals surface area contributed by atoms with E-state index in [1.807, 2.05) is 6.92 Å². The molecule has 1 saturated heterocycles. The predicted octanol–water partition coefficient (Wildman–Crippen LogP) is 5.20. The third kappa shape index (κ3) is 5.43. The standard InChI is InChI=1S/C27H30F4N2O4S/c1-4-38(36,37)18-7-5-6-17(11-18)27(35)33-15(3)14(2)10-23(33)26(34)32-24(16-8-9-16)19-12-22(29)20(25(30)31)13-21(19)28/h5-7,11-16,23-25H,4,8-10H2,1-3H3,(H,32,34)/t14-,15-,23-,24-/m1/s1. The van der Waals surface area contributed by atoms with Crippen molar-refractivity contribution in [1.29, 1.82) is 0 Å². The van der Waals surface area contributed by atoms with Crippen molar-refractivity contribution < 1.29 is 35.6 Å². The van der Waals surface area contributed by atoms with Crippen LogP contribution in [-0.4, -0.2) is 43.0 Å². The van der Waals surface area contributed by atoms with Gasteiger partial charge < -0.3 is 10.2 Å². The van der Waals surface area contributed by atoms with Crippen molar-refractivity contribution in [3.63, 3.8) is 0 Å². The van der Waals surface area contributed by atoms with E-state index in [-0.39, 0.29) is 39.7 Å². The fourth-order valence-electron chi connectivity index (χ4n) is 5.03. The maximum atomic E-state index is 14.8. The van der Waals surface area contributed by atoms with Gasteiger partial charge in [0.1, 0.15) is 17.7 Å². The number of halogens is 4. The number of nitrogens with one attached hydrogen (secondary N) is 1. The quantitative estimate of drug-likeness (QED) is 0.455. The van der Waals surface area contributed by atoms with E-state index in [0.717, 1.165) is 0 Å². The SMILES string of the molecule is CCS(=O)(=O)c1cccc(C(=O)N2[C@@H](C(=O)N[C@@H](c3cc(F)c(C(F)F)cc3F)C3CC3)C[C@@H](C)[C@H]2C)c1. The van der Waals surface area contributed by atoms with E-state index in [2.05, 4.69) is 5.32 Å². The van der Waals surface area contributed by atoms with Crippen LogP contribution >= 0.6 is 0 Å². The maximum Gasteiger partial charge on any atom is 0.266 e. The van der Waals surface area contributed by atoms with Crippen molar-refractivity contribution in [3.8, 4) is 0 Å². The molecule has 0 radical (unpaired) electrons. The second kappa shape index (κ2) is 10.7. The van der Waals surface area contributed by atoms with Crippen LogP contribution in [0.25, 0.3) is 0 Å². The van der Waals surface area contributed by atoms with E-state index >= 15 is 0 Å². The van der Waals surface area contributed by atoms with Crippen LogP contribution in [0.2, 0.25) is 0 Å².